The smallest absolute Gasteiger partial charge is 0.244 e. The predicted molar refractivity (Wildman–Crippen MR) is 82.1 cm³/mol. The molecule has 2 N–H and O–H groups in total. The van der Waals surface area contributed by atoms with Crippen LogP contribution in [-0.4, -0.2) is 24.4 Å². The minimum atomic E-state index is -0.140. The van der Waals surface area contributed by atoms with Gasteiger partial charge in [-0.25, -0.2) is 0 Å². The van der Waals surface area contributed by atoms with Gasteiger partial charge < -0.3 is 10.6 Å². The van der Waals surface area contributed by atoms with Crippen molar-refractivity contribution in [2.24, 2.45) is 0 Å². The lowest BCUT2D eigenvalue weighted by Gasteiger charge is -2.22. The first-order valence-corrected chi connectivity index (χ1v) is 7.35. The third-order valence-corrected chi connectivity index (χ3v) is 3.87. The SMILES string of the molecule is Cc1ccc(C=CC(=O)NC2CCC(=O)NC2)c(Br)c1. The van der Waals surface area contributed by atoms with Gasteiger partial charge in [0.2, 0.25) is 11.8 Å². The molecule has 1 unspecified atom stereocenters. The summed E-state index contributed by atoms with van der Waals surface area (Å²) < 4.78 is 0.964. The number of carbonyl (C=O) groups is 2. The molecule has 1 aromatic carbocycles. The fraction of sp³-hybridized carbons (Fsp3) is 0.333. The quantitative estimate of drug-likeness (QED) is 0.831. The molecule has 1 aromatic rings. The van der Waals surface area contributed by atoms with Crippen LogP contribution in [0, 0.1) is 6.92 Å². The second-order valence-corrected chi connectivity index (χ2v) is 5.76. The second-order valence-electron chi connectivity index (χ2n) is 4.91. The van der Waals surface area contributed by atoms with E-state index in [1.807, 2.05) is 25.1 Å². The number of hydrogen-bond donors (Lipinski definition) is 2. The lowest BCUT2D eigenvalue weighted by molar-refractivity contribution is -0.124. The molecule has 0 aliphatic carbocycles. The minimum Gasteiger partial charge on any atom is -0.354 e. The Morgan fingerprint density at radius 3 is 2.95 bits per heavy atom. The zero-order valence-electron chi connectivity index (χ0n) is 11.3. The number of aryl methyl sites for hydroxylation is 1. The average Bonchev–Trinajstić information content (AvgIpc) is 2.40. The lowest BCUT2D eigenvalue weighted by Crippen LogP contribution is -2.47. The van der Waals surface area contributed by atoms with E-state index in [9.17, 15) is 9.59 Å². The van der Waals surface area contributed by atoms with E-state index >= 15 is 0 Å². The van der Waals surface area contributed by atoms with Crippen LogP contribution in [0.1, 0.15) is 24.0 Å². The number of hydrogen-bond acceptors (Lipinski definition) is 2. The third-order valence-electron chi connectivity index (χ3n) is 3.18. The first-order chi connectivity index (χ1) is 9.54. The van der Waals surface area contributed by atoms with Gasteiger partial charge in [-0.15, -0.1) is 0 Å². The molecule has 1 aliphatic rings. The number of carbonyl (C=O) groups excluding carboxylic acids is 2. The van der Waals surface area contributed by atoms with E-state index in [1.165, 1.54) is 6.08 Å². The Balaban J connectivity index is 1.90. The standard InChI is InChI=1S/C15H17BrN2O2/c1-10-2-3-11(13(16)8-10)4-6-15(20)18-12-5-7-14(19)17-9-12/h2-4,6,8,12H,5,7,9H2,1H3,(H,17,19)(H,18,20). The summed E-state index contributed by atoms with van der Waals surface area (Å²) in [6, 6.07) is 5.99. The Hall–Kier alpha value is -1.62. The van der Waals surface area contributed by atoms with E-state index in [0.717, 1.165) is 15.6 Å². The van der Waals surface area contributed by atoms with Gasteiger partial charge in [-0.2, -0.15) is 0 Å². The molecule has 0 bridgehead atoms. The van der Waals surface area contributed by atoms with Crippen LogP contribution < -0.4 is 10.6 Å². The Labute approximate surface area is 126 Å². The minimum absolute atomic E-state index is 0.0197. The van der Waals surface area contributed by atoms with Gasteiger partial charge in [-0.05, 0) is 36.6 Å². The molecular weight excluding hydrogens is 320 g/mol. The molecule has 5 heteroatoms. The van der Waals surface area contributed by atoms with Crippen molar-refractivity contribution in [2.45, 2.75) is 25.8 Å². The van der Waals surface area contributed by atoms with Gasteiger partial charge in [0.25, 0.3) is 0 Å². The Morgan fingerprint density at radius 2 is 2.30 bits per heavy atom. The van der Waals surface area contributed by atoms with Gasteiger partial charge in [0.15, 0.2) is 0 Å². The fourth-order valence-corrected chi connectivity index (χ4v) is 2.66. The molecule has 1 saturated heterocycles. The third kappa shape index (κ3) is 4.20. The van der Waals surface area contributed by atoms with Crippen LogP contribution in [0.25, 0.3) is 6.08 Å². The number of piperidine rings is 1. The van der Waals surface area contributed by atoms with E-state index in [4.69, 9.17) is 0 Å². The second kappa shape index (κ2) is 6.70. The zero-order valence-corrected chi connectivity index (χ0v) is 12.9. The first kappa shape index (κ1) is 14.8. The summed E-state index contributed by atoms with van der Waals surface area (Å²) in [7, 11) is 0. The van der Waals surface area contributed by atoms with Gasteiger partial charge in [-0.3, -0.25) is 9.59 Å². The fourth-order valence-electron chi connectivity index (χ4n) is 2.04. The normalized spacial score (nSPS) is 18.9. The van der Waals surface area contributed by atoms with Crippen LogP contribution in [0.3, 0.4) is 0 Å². The molecule has 1 fully saturated rings. The summed E-state index contributed by atoms with van der Waals surface area (Å²) >= 11 is 3.47. The molecule has 1 heterocycles. The Kier molecular flexibility index (Phi) is 4.95. The van der Waals surface area contributed by atoms with Crippen molar-refractivity contribution in [3.05, 3.63) is 39.9 Å². The summed E-state index contributed by atoms with van der Waals surface area (Å²) in [6.07, 6.45) is 4.46. The summed E-state index contributed by atoms with van der Waals surface area (Å²) in [5.74, 6) is -0.0896. The largest absolute Gasteiger partial charge is 0.354 e. The van der Waals surface area contributed by atoms with Crippen molar-refractivity contribution >= 4 is 33.8 Å². The van der Waals surface area contributed by atoms with Crippen LogP contribution in [0.15, 0.2) is 28.7 Å². The first-order valence-electron chi connectivity index (χ1n) is 6.56. The average molecular weight is 337 g/mol. The van der Waals surface area contributed by atoms with Gasteiger partial charge in [0.05, 0.1) is 0 Å². The highest BCUT2D eigenvalue weighted by Crippen LogP contribution is 2.19. The van der Waals surface area contributed by atoms with Crippen LogP contribution in [-0.2, 0) is 9.59 Å². The van der Waals surface area contributed by atoms with Gasteiger partial charge in [0.1, 0.15) is 0 Å². The number of amides is 2. The number of halogens is 1. The number of rotatable bonds is 3. The van der Waals surface area contributed by atoms with E-state index in [0.29, 0.717) is 19.4 Å². The summed E-state index contributed by atoms with van der Waals surface area (Å²) in [6.45, 7) is 2.52. The van der Waals surface area contributed by atoms with Crippen LogP contribution >= 0.6 is 15.9 Å². The highest BCUT2D eigenvalue weighted by atomic mass is 79.9. The summed E-state index contributed by atoms with van der Waals surface area (Å²) in [5.41, 5.74) is 2.12. The van der Waals surface area contributed by atoms with E-state index in [-0.39, 0.29) is 17.9 Å². The molecule has 2 rings (SSSR count). The predicted octanol–water partition coefficient (Wildman–Crippen LogP) is 2.17. The van der Waals surface area contributed by atoms with E-state index in [1.54, 1.807) is 6.08 Å². The summed E-state index contributed by atoms with van der Waals surface area (Å²) in [5, 5.41) is 5.63. The molecule has 0 aromatic heterocycles. The van der Waals surface area contributed by atoms with Crippen molar-refractivity contribution < 1.29 is 9.59 Å². The van der Waals surface area contributed by atoms with Crippen molar-refractivity contribution in [3.63, 3.8) is 0 Å². The molecule has 1 aliphatic heterocycles. The van der Waals surface area contributed by atoms with Crippen molar-refractivity contribution in [1.29, 1.82) is 0 Å². The van der Waals surface area contributed by atoms with Gasteiger partial charge in [-0.1, -0.05) is 28.1 Å². The molecule has 20 heavy (non-hydrogen) atoms. The molecular formula is C15H17BrN2O2. The Bertz CT molecular complexity index is 545. The van der Waals surface area contributed by atoms with Crippen molar-refractivity contribution in [2.75, 3.05) is 6.54 Å². The molecule has 2 amide bonds. The lowest BCUT2D eigenvalue weighted by atomic mass is 10.1. The molecule has 1 atom stereocenters. The zero-order chi connectivity index (χ0) is 14.5. The highest BCUT2D eigenvalue weighted by molar-refractivity contribution is 9.10. The van der Waals surface area contributed by atoms with Crippen molar-refractivity contribution in [3.8, 4) is 0 Å². The van der Waals surface area contributed by atoms with Crippen molar-refractivity contribution in [1.82, 2.24) is 10.6 Å². The molecule has 0 radical (unpaired) electrons. The van der Waals surface area contributed by atoms with Crippen LogP contribution in [0.4, 0.5) is 0 Å². The molecule has 0 spiro atoms. The maximum Gasteiger partial charge on any atom is 0.244 e. The van der Waals surface area contributed by atoms with Crippen LogP contribution in [0.2, 0.25) is 0 Å². The van der Waals surface area contributed by atoms with E-state index < -0.39 is 0 Å². The molecule has 0 saturated carbocycles. The maximum absolute atomic E-state index is 11.8. The number of benzene rings is 1. The van der Waals surface area contributed by atoms with E-state index in [2.05, 4.69) is 26.6 Å². The Morgan fingerprint density at radius 1 is 1.50 bits per heavy atom. The van der Waals surface area contributed by atoms with Crippen LogP contribution in [0.5, 0.6) is 0 Å². The summed E-state index contributed by atoms with van der Waals surface area (Å²) in [4.78, 5) is 22.8. The monoisotopic (exact) mass is 336 g/mol. The highest BCUT2D eigenvalue weighted by Gasteiger charge is 2.18. The number of nitrogens with one attached hydrogen (secondary N) is 2. The molecule has 4 nitrogen and oxygen atoms in total. The van der Waals surface area contributed by atoms with Gasteiger partial charge in [0, 0.05) is 29.6 Å². The topological polar surface area (TPSA) is 58.2 Å². The van der Waals surface area contributed by atoms with Gasteiger partial charge >= 0.3 is 0 Å². The molecule has 106 valence electrons. The maximum atomic E-state index is 11.8.